The number of nitrogens with one attached hydrogen (secondary N) is 2. The van der Waals surface area contributed by atoms with E-state index in [1.165, 1.54) is 10.4 Å². The van der Waals surface area contributed by atoms with Gasteiger partial charge in [0.25, 0.3) is 0 Å². The van der Waals surface area contributed by atoms with E-state index in [1.807, 2.05) is 22.2 Å². The van der Waals surface area contributed by atoms with Crippen LogP contribution in [-0.2, 0) is 13.1 Å². The third kappa shape index (κ3) is 4.67. The Morgan fingerprint density at radius 2 is 2.17 bits per heavy atom. The van der Waals surface area contributed by atoms with Crippen LogP contribution in [0.3, 0.4) is 0 Å². The summed E-state index contributed by atoms with van der Waals surface area (Å²) >= 11 is 3.40. The first kappa shape index (κ1) is 18.2. The minimum atomic E-state index is 0. The largest absolute Gasteiger partial charge is 0.357 e. The predicted molar refractivity (Wildman–Crippen MR) is 109 cm³/mol. The number of nitrogens with zero attached hydrogens (tertiary/aromatic N) is 3. The van der Waals surface area contributed by atoms with Crippen molar-refractivity contribution in [3.8, 4) is 0 Å². The van der Waals surface area contributed by atoms with Gasteiger partial charge in [-0.05, 0) is 30.9 Å². The van der Waals surface area contributed by atoms with E-state index < -0.39 is 0 Å². The van der Waals surface area contributed by atoms with Crippen LogP contribution in [0, 0.1) is 6.92 Å². The molecule has 0 aliphatic carbocycles. The van der Waals surface area contributed by atoms with Crippen LogP contribution in [0.5, 0.6) is 0 Å². The standard InChI is InChI=1S/C15H19N5S2.HI/c1-3-16-14(18-9-13-11(2)4-6-21-13)17-8-12-10-20-5-7-22-15(20)19-12;/h4-7,10H,3,8-9H2,1-2H3,(H2,16,17,18);1H. The summed E-state index contributed by atoms with van der Waals surface area (Å²) in [5.74, 6) is 0.826. The van der Waals surface area contributed by atoms with Gasteiger partial charge >= 0.3 is 0 Å². The lowest BCUT2D eigenvalue weighted by atomic mass is 10.3. The van der Waals surface area contributed by atoms with Crippen molar-refractivity contribution in [2.24, 2.45) is 4.99 Å². The van der Waals surface area contributed by atoms with Gasteiger partial charge in [-0.1, -0.05) is 0 Å². The highest BCUT2D eigenvalue weighted by molar-refractivity contribution is 14.0. The van der Waals surface area contributed by atoms with Gasteiger partial charge < -0.3 is 10.6 Å². The molecule has 0 radical (unpaired) electrons. The Kier molecular flexibility index (Phi) is 6.85. The molecule has 3 aromatic heterocycles. The molecule has 0 aliphatic rings. The second-order valence-electron chi connectivity index (χ2n) is 4.90. The molecule has 0 saturated carbocycles. The van der Waals surface area contributed by atoms with E-state index in [0.29, 0.717) is 6.54 Å². The van der Waals surface area contributed by atoms with Crippen LogP contribution in [0.25, 0.3) is 4.96 Å². The number of fused-ring (bicyclic) bond motifs is 1. The van der Waals surface area contributed by atoms with Gasteiger partial charge in [0, 0.05) is 29.2 Å². The molecule has 3 aromatic rings. The summed E-state index contributed by atoms with van der Waals surface area (Å²) in [5.41, 5.74) is 2.30. The van der Waals surface area contributed by atoms with Crippen LogP contribution in [0.15, 0.2) is 34.2 Å². The maximum Gasteiger partial charge on any atom is 0.193 e. The molecule has 5 nitrogen and oxygen atoms in total. The fourth-order valence-electron chi connectivity index (χ4n) is 2.10. The molecule has 0 unspecified atom stereocenters. The molecule has 0 bridgehead atoms. The first-order valence-electron chi connectivity index (χ1n) is 7.22. The van der Waals surface area contributed by atoms with Gasteiger partial charge in [-0.25, -0.2) is 9.98 Å². The van der Waals surface area contributed by atoms with Crippen molar-refractivity contribution in [1.29, 1.82) is 0 Å². The summed E-state index contributed by atoms with van der Waals surface area (Å²) < 4.78 is 2.03. The lowest BCUT2D eigenvalue weighted by Gasteiger charge is -2.10. The van der Waals surface area contributed by atoms with Crippen molar-refractivity contribution >= 4 is 57.6 Å². The summed E-state index contributed by atoms with van der Waals surface area (Å²) in [7, 11) is 0. The highest BCUT2D eigenvalue weighted by atomic mass is 127. The van der Waals surface area contributed by atoms with Crippen molar-refractivity contribution in [2.75, 3.05) is 6.54 Å². The number of aliphatic imine (C=N–C) groups is 1. The molecular formula is C15H20IN5S2. The van der Waals surface area contributed by atoms with Crippen molar-refractivity contribution < 1.29 is 0 Å². The Labute approximate surface area is 160 Å². The maximum atomic E-state index is 4.62. The number of halogens is 1. The number of hydrogen-bond donors (Lipinski definition) is 2. The van der Waals surface area contributed by atoms with E-state index in [-0.39, 0.29) is 24.0 Å². The van der Waals surface area contributed by atoms with E-state index in [4.69, 9.17) is 0 Å². The minimum absolute atomic E-state index is 0. The quantitative estimate of drug-likeness (QED) is 0.347. The van der Waals surface area contributed by atoms with Crippen LogP contribution in [0.2, 0.25) is 0 Å². The van der Waals surface area contributed by atoms with Crippen molar-refractivity contribution in [3.05, 3.63) is 45.4 Å². The number of thiophene rings is 1. The van der Waals surface area contributed by atoms with Gasteiger partial charge in [-0.2, -0.15) is 0 Å². The van der Waals surface area contributed by atoms with Gasteiger partial charge in [0.1, 0.15) is 0 Å². The van der Waals surface area contributed by atoms with E-state index in [1.54, 1.807) is 22.7 Å². The summed E-state index contributed by atoms with van der Waals surface area (Å²) in [4.78, 5) is 11.5. The Hall–Kier alpha value is -1.13. The fourth-order valence-corrected chi connectivity index (χ4v) is 3.67. The highest BCUT2D eigenvalue weighted by Gasteiger charge is 2.04. The highest BCUT2D eigenvalue weighted by Crippen LogP contribution is 2.15. The molecular weight excluding hydrogens is 441 g/mol. The third-order valence-corrected chi connectivity index (χ3v) is 5.06. The number of rotatable bonds is 5. The van der Waals surface area contributed by atoms with Crippen LogP contribution in [-0.4, -0.2) is 21.9 Å². The second kappa shape index (κ2) is 8.65. The molecule has 0 saturated heterocycles. The van der Waals surface area contributed by atoms with Gasteiger partial charge in [0.05, 0.1) is 18.8 Å². The molecule has 2 N–H and O–H groups in total. The minimum Gasteiger partial charge on any atom is -0.357 e. The average Bonchev–Trinajstić information content (AvgIpc) is 3.18. The number of aryl methyl sites for hydroxylation is 1. The lowest BCUT2D eigenvalue weighted by molar-refractivity contribution is 0.818. The van der Waals surface area contributed by atoms with E-state index in [9.17, 15) is 0 Å². The van der Waals surface area contributed by atoms with Crippen LogP contribution < -0.4 is 10.6 Å². The van der Waals surface area contributed by atoms with E-state index in [0.717, 1.165) is 29.7 Å². The first-order chi connectivity index (χ1) is 10.8. The summed E-state index contributed by atoms with van der Waals surface area (Å²) in [5, 5.41) is 10.8. The predicted octanol–water partition coefficient (Wildman–Crippen LogP) is 3.64. The molecule has 0 aliphatic heterocycles. The third-order valence-electron chi connectivity index (χ3n) is 3.27. The topological polar surface area (TPSA) is 53.7 Å². The van der Waals surface area contributed by atoms with Crippen molar-refractivity contribution in [3.63, 3.8) is 0 Å². The summed E-state index contributed by atoms with van der Waals surface area (Å²) in [6.07, 6.45) is 4.05. The number of hydrogen-bond acceptors (Lipinski definition) is 4. The average molecular weight is 461 g/mol. The van der Waals surface area contributed by atoms with Crippen LogP contribution in [0.1, 0.15) is 23.1 Å². The normalized spacial score (nSPS) is 11.5. The molecule has 3 rings (SSSR count). The second-order valence-corrected chi connectivity index (χ2v) is 6.77. The molecule has 0 aromatic carbocycles. The monoisotopic (exact) mass is 461 g/mol. The van der Waals surface area contributed by atoms with Crippen molar-refractivity contribution in [2.45, 2.75) is 26.9 Å². The number of guanidine groups is 1. The maximum absolute atomic E-state index is 4.62. The zero-order valence-corrected chi connectivity index (χ0v) is 17.0. The van der Waals surface area contributed by atoms with Gasteiger partial charge in [0.15, 0.2) is 10.9 Å². The van der Waals surface area contributed by atoms with Gasteiger partial charge in [-0.15, -0.1) is 46.7 Å². The van der Waals surface area contributed by atoms with Gasteiger partial charge in [0.2, 0.25) is 0 Å². The Balaban J connectivity index is 0.00000192. The number of imidazole rings is 1. The van der Waals surface area contributed by atoms with Gasteiger partial charge in [-0.3, -0.25) is 4.40 Å². The number of thiazole rings is 1. The fraction of sp³-hybridized carbons (Fsp3) is 0.333. The van der Waals surface area contributed by atoms with E-state index in [2.05, 4.69) is 45.9 Å². The molecule has 124 valence electrons. The molecule has 23 heavy (non-hydrogen) atoms. The zero-order chi connectivity index (χ0) is 15.4. The SMILES string of the molecule is CCNC(=NCc1cn2ccsc2n1)NCc1sccc1C.I. The summed E-state index contributed by atoms with van der Waals surface area (Å²) in [6.45, 7) is 6.42. The molecule has 3 heterocycles. The van der Waals surface area contributed by atoms with E-state index >= 15 is 0 Å². The zero-order valence-electron chi connectivity index (χ0n) is 13.1. The lowest BCUT2D eigenvalue weighted by Crippen LogP contribution is -2.36. The molecule has 0 atom stereocenters. The smallest absolute Gasteiger partial charge is 0.193 e. The Morgan fingerprint density at radius 3 is 2.87 bits per heavy atom. The molecule has 8 heteroatoms. The Morgan fingerprint density at radius 1 is 1.30 bits per heavy atom. The molecule has 0 spiro atoms. The first-order valence-corrected chi connectivity index (χ1v) is 8.98. The summed E-state index contributed by atoms with van der Waals surface area (Å²) in [6, 6.07) is 2.14. The number of aromatic nitrogens is 2. The van der Waals surface area contributed by atoms with Crippen molar-refractivity contribution in [1.82, 2.24) is 20.0 Å². The van der Waals surface area contributed by atoms with Crippen LogP contribution in [0.4, 0.5) is 0 Å². The van der Waals surface area contributed by atoms with Crippen LogP contribution >= 0.6 is 46.7 Å². The Bertz CT molecular complexity index is 745. The molecule has 0 amide bonds. The molecule has 0 fully saturated rings.